The van der Waals surface area contributed by atoms with E-state index < -0.39 is 34.1 Å². The topological polar surface area (TPSA) is 57.7 Å². The predicted molar refractivity (Wildman–Crippen MR) is 95.7 cm³/mol. The second-order valence-electron chi connectivity index (χ2n) is 6.14. The Kier molecular flexibility index (Phi) is 4.95. The van der Waals surface area contributed by atoms with Gasteiger partial charge in [0.05, 0.1) is 11.9 Å². The van der Waals surface area contributed by atoms with Crippen molar-refractivity contribution in [1.29, 1.82) is 0 Å². The summed E-state index contributed by atoms with van der Waals surface area (Å²) < 4.78 is 52.2. The molecule has 0 radical (unpaired) electrons. The zero-order valence-corrected chi connectivity index (χ0v) is 15.0. The number of hydrogen-bond acceptors (Lipinski definition) is 3. The SMILES string of the molecule is CS(=O)(=O)N(CC(=O)N1CCCc2ccccc21)c1ccc(F)cc1F. The Hall–Kier alpha value is -2.48. The summed E-state index contributed by atoms with van der Waals surface area (Å²) in [5.41, 5.74) is 1.38. The lowest BCUT2D eigenvalue weighted by molar-refractivity contribution is -0.117. The van der Waals surface area contributed by atoms with E-state index in [0.717, 1.165) is 42.5 Å². The summed E-state index contributed by atoms with van der Waals surface area (Å²) >= 11 is 0. The molecule has 1 aliphatic heterocycles. The Labute approximate surface area is 150 Å². The molecule has 0 N–H and O–H groups in total. The van der Waals surface area contributed by atoms with Crippen LogP contribution in [0.1, 0.15) is 12.0 Å². The molecule has 0 atom stereocenters. The number of halogens is 2. The number of hydrogen-bond donors (Lipinski definition) is 0. The predicted octanol–water partition coefficient (Wildman–Crippen LogP) is 2.71. The Morgan fingerprint density at radius 1 is 1.19 bits per heavy atom. The van der Waals surface area contributed by atoms with Gasteiger partial charge in [-0.1, -0.05) is 18.2 Å². The average Bonchev–Trinajstić information content (AvgIpc) is 2.58. The molecule has 2 aromatic rings. The monoisotopic (exact) mass is 380 g/mol. The molecule has 0 aromatic heterocycles. The molecule has 3 rings (SSSR count). The van der Waals surface area contributed by atoms with Crippen LogP contribution in [0.3, 0.4) is 0 Å². The number of amides is 1. The smallest absolute Gasteiger partial charge is 0.247 e. The number of benzene rings is 2. The van der Waals surface area contributed by atoms with E-state index >= 15 is 0 Å². The molecule has 0 saturated heterocycles. The van der Waals surface area contributed by atoms with Gasteiger partial charge in [-0.05, 0) is 36.6 Å². The number of sulfonamides is 1. The Morgan fingerprint density at radius 2 is 1.92 bits per heavy atom. The van der Waals surface area contributed by atoms with Gasteiger partial charge in [0.1, 0.15) is 18.2 Å². The highest BCUT2D eigenvalue weighted by atomic mass is 32.2. The van der Waals surface area contributed by atoms with Crippen molar-refractivity contribution in [2.24, 2.45) is 0 Å². The first-order valence-electron chi connectivity index (χ1n) is 8.08. The van der Waals surface area contributed by atoms with Crippen molar-refractivity contribution in [3.63, 3.8) is 0 Å². The van der Waals surface area contributed by atoms with Gasteiger partial charge in [-0.15, -0.1) is 0 Å². The summed E-state index contributed by atoms with van der Waals surface area (Å²) in [4.78, 5) is 14.3. The second kappa shape index (κ2) is 7.03. The molecule has 1 amide bonds. The van der Waals surface area contributed by atoms with Gasteiger partial charge in [0.2, 0.25) is 15.9 Å². The quantitative estimate of drug-likeness (QED) is 0.820. The van der Waals surface area contributed by atoms with E-state index in [9.17, 15) is 22.0 Å². The maximum Gasteiger partial charge on any atom is 0.247 e. The van der Waals surface area contributed by atoms with Crippen molar-refractivity contribution < 1.29 is 22.0 Å². The number of fused-ring (bicyclic) bond motifs is 1. The van der Waals surface area contributed by atoms with Gasteiger partial charge in [0, 0.05) is 18.3 Å². The average molecular weight is 380 g/mol. The fourth-order valence-electron chi connectivity index (χ4n) is 3.07. The van der Waals surface area contributed by atoms with Crippen molar-refractivity contribution in [3.05, 3.63) is 59.7 Å². The van der Waals surface area contributed by atoms with E-state index in [-0.39, 0.29) is 5.69 Å². The number of nitrogens with zero attached hydrogens (tertiary/aromatic N) is 2. The van der Waals surface area contributed by atoms with Gasteiger partial charge in [-0.2, -0.15) is 0 Å². The van der Waals surface area contributed by atoms with Crippen LogP contribution in [0.5, 0.6) is 0 Å². The molecule has 0 unspecified atom stereocenters. The number of aryl methyl sites for hydroxylation is 1. The van der Waals surface area contributed by atoms with Crippen LogP contribution in [0.15, 0.2) is 42.5 Å². The van der Waals surface area contributed by atoms with Gasteiger partial charge in [-0.25, -0.2) is 17.2 Å². The van der Waals surface area contributed by atoms with Crippen LogP contribution in [-0.4, -0.2) is 33.7 Å². The van der Waals surface area contributed by atoms with Crippen LogP contribution < -0.4 is 9.21 Å². The van der Waals surface area contributed by atoms with E-state index in [4.69, 9.17) is 0 Å². The van der Waals surface area contributed by atoms with Crippen LogP contribution in [0.25, 0.3) is 0 Å². The Morgan fingerprint density at radius 3 is 2.62 bits per heavy atom. The third-order valence-corrected chi connectivity index (χ3v) is 5.40. The van der Waals surface area contributed by atoms with Crippen LogP contribution in [0, 0.1) is 11.6 Å². The van der Waals surface area contributed by atoms with Gasteiger partial charge < -0.3 is 4.90 Å². The molecule has 1 aliphatic rings. The number of carbonyl (C=O) groups excluding carboxylic acids is 1. The fourth-order valence-corrected chi connectivity index (χ4v) is 3.92. The minimum atomic E-state index is -3.94. The summed E-state index contributed by atoms with van der Waals surface area (Å²) in [5, 5.41) is 0. The lowest BCUT2D eigenvalue weighted by Crippen LogP contribution is -2.45. The van der Waals surface area contributed by atoms with Crippen molar-refractivity contribution in [2.45, 2.75) is 12.8 Å². The van der Waals surface area contributed by atoms with Crippen LogP contribution >= 0.6 is 0 Å². The molecule has 8 heteroatoms. The first kappa shape index (κ1) is 18.3. The van der Waals surface area contributed by atoms with Crippen LogP contribution in [0.2, 0.25) is 0 Å². The van der Waals surface area contributed by atoms with E-state index in [1.165, 1.54) is 4.90 Å². The molecule has 0 spiro atoms. The summed E-state index contributed by atoms with van der Waals surface area (Å²) in [6.07, 6.45) is 2.47. The molecule has 1 heterocycles. The van der Waals surface area contributed by atoms with Crippen molar-refractivity contribution >= 4 is 27.3 Å². The maximum atomic E-state index is 14.1. The number of para-hydroxylation sites is 1. The molecule has 138 valence electrons. The standard InChI is InChI=1S/C18H18F2N2O3S/c1-26(24,25)22(17-9-8-14(19)11-15(17)20)12-18(23)21-10-4-6-13-5-2-3-7-16(13)21/h2-3,5,7-9,11H,4,6,10,12H2,1H3. The molecule has 0 fully saturated rings. The Bertz CT molecular complexity index is 947. The van der Waals surface area contributed by atoms with E-state index in [1.54, 1.807) is 12.1 Å². The molecule has 2 aromatic carbocycles. The largest absolute Gasteiger partial charge is 0.311 e. The van der Waals surface area contributed by atoms with Gasteiger partial charge in [-0.3, -0.25) is 9.10 Å². The molecule has 0 saturated carbocycles. The first-order valence-corrected chi connectivity index (χ1v) is 9.93. The number of carbonyl (C=O) groups is 1. The normalized spacial score (nSPS) is 14.0. The van der Waals surface area contributed by atoms with Crippen molar-refractivity contribution in [3.8, 4) is 0 Å². The highest BCUT2D eigenvalue weighted by Gasteiger charge is 2.28. The lowest BCUT2D eigenvalue weighted by Gasteiger charge is -2.31. The zero-order valence-electron chi connectivity index (χ0n) is 14.2. The van der Waals surface area contributed by atoms with E-state index in [2.05, 4.69) is 0 Å². The highest BCUT2D eigenvalue weighted by Crippen LogP contribution is 2.28. The number of anilines is 2. The van der Waals surface area contributed by atoms with Gasteiger partial charge >= 0.3 is 0 Å². The molecule has 26 heavy (non-hydrogen) atoms. The molecular weight excluding hydrogens is 362 g/mol. The highest BCUT2D eigenvalue weighted by molar-refractivity contribution is 7.92. The minimum Gasteiger partial charge on any atom is -0.311 e. The van der Waals surface area contributed by atoms with E-state index in [0.29, 0.717) is 16.9 Å². The summed E-state index contributed by atoms with van der Waals surface area (Å²) in [6, 6.07) is 9.97. The number of rotatable bonds is 4. The minimum absolute atomic E-state index is 0.354. The summed E-state index contributed by atoms with van der Waals surface area (Å²) in [6.45, 7) is -0.102. The van der Waals surface area contributed by atoms with Gasteiger partial charge in [0.15, 0.2) is 0 Å². The van der Waals surface area contributed by atoms with Crippen molar-refractivity contribution in [2.75, 3.05) is 28.6 Å². The Balaban J connectivity index is 1.92. The zero-order chi connectivity index (χ0) is 18.9. The van der Waals surface area contributed by atoms with Crippen molar-refractivity contribution in [1.82, 2.24) is 0 Å². The third kappa shape index (κ3) is 3.70. The third-order valence-electron chi connectivity index (χ3n) is 4.27. The molecule has 0 aliphatic carbocycles. The van der Waals surface area contributed by atoms with Crippen LogP contribution in [0.4, 0.5) is 20.2 Å². The first-order chi connectivity index (χ1) is 12.3. The second-order valence-corrected chi connectivity index (χ2v) is 8.05. The maximum absolute atomic E-state index is 14.1. The lowest BCUT2D eigenvalue weighted by atomic mass is 10.0. The molecule has 0 bridgehead atoms. The van der Waals surface area contributed by atoms with Crippen LogP contribution in [-0.2, 0) is 21.2 Å². The van der Waals surface area contributed by atoms with Gasteiger partial charge in [0.25, 0.3) is 0 Å². The summed E-state index contributed by atoms with van der Waals surface area (Å²) in [7, 11) is -3.94. The van der Waals surface area contributed by atoms with E-state index in [1.807, 2.05) is 12.1 Å². The summed E-state index contributed by atoms with van der Waals surface area (Å²) in [5.74, 6) is -2.33. The molecule has 5 nitrogen and oxygen atoms in total. The molecular formula is C18H18F2N2O3S. The fraction of sp³-hybridized carbons (Fsp3) is 0.278.